The molecule has 9 aromatic carbocycles. The fraction of sp³-hybridized carbons (Fsp3) is 0. The Balaban J connectivity index is 0.992. The summed E-state index contributed by atoms with van der Waals surface area (Å²) < 4.78 is 0. The highest BCUT2D eigenvalue weighted by molar-refractivity contribution is 6.14. The highest BCUT2D eigenvalue weighted by atomic mass is 15.0. The van der Waals surface area contributed by atoms with Gasteiger partial charge in [0.2, 0.25) is 0 Å². The maximum Gasteiger partial charge on any atom is 0.164 e. The van der Waals surface area contributed by atoms with Crippen LogP contribution in [0.25, 0.3) is 111 Å². The lowest BCUT2D eigenvalue weighted by Gasteiger charge is -2.14. The molecule has 11 aromatic rings. The normalized spacial score (nSPS) is 11.4. The molecule has 11 rings (SSSR count). The summed E-state index contributed by atoms with van der Waals surface area (Å²) in [6.07, 6.45) is 0. The van der Waals surface area contributed by atoms with Crippen LogP contribution in [0, 0.1) is 0 Å². The third kappa shape index (κ3) is 5.96. The Morgan fingerprint density at radius 2 is 0.724 bits per heavy atom. The Hall–Kier alpha value is -7.82. The average molecular weight is 739 g/mol. The molecule has 4 nitrogen and oxygen atoms in total. The molecule has 0 radical (unpaired) electrons. The molecule has 0 bridgehead atoms. The molecular formula is C54H34N4. The van der Waals surface area contributed by atoms with Crippen LogP contribution in [0.1, 0.15) is 0 Å². The van der Waals surface area contributed by atoms with E-state index in [1.807, 2.05) is 6.07 Å². The zero-order chi connectivity index (χ0) is 38.4. The summed E-state index contributed by atoms with van der Waals surface area (Å²) >= 11 is 0. The fourth-order valence-corrected chi connectivity index (χ4v) is 8.23. The van der Waals surface area contributed by atoms with Crippen molar-refractivity contribution < 1.29 is 0 Å². The Bertz CT molecular complexity index is 3210. The summed E-state index contributed by atoms with van der Waals surface area (Å²) in [6, 6.07) is 72.3. The second kappa shape index (κ2) is 14.0. The van der Waals surface area contributed by atoms with Gasteiger partial charge < -0.3 is 0 Å². The van der Waals surface area contributed by atoms with Gasteiger partial charge in [0, 0.05) is 27.6 Å². The molecule has 58 heavy (non-hydrogen) atoms. The zero-order valence-electron chi connectivity index (χ0n) is 31.4. The molecule has 4 heteroatoms. The molecule has 0 spiro atoms. The van der Waals surface area contributed by atoms with Crippen molar-refractivity contribution >= 4 is 43.2 Å². The van der Waals surface area contributed by atoms with Gasteiger partial charge in [0.25, 0.3) is 0 Å². The fourth-order valence-electron chi connectivity index (χ4n) is 8.23. The Kier molecular flexibility index (Phi) is 8.11. The van der Waals surface area contributed by atoms with Gasteiger partial charge in [0.15, 0.2) is 17.5 Å². The van der Waals surface area contributed by atoms with E-state index in [1.54, 1.807) is 0 Å². The lowest BCUT2D eigenvalue weighted by atomic mass is 9.93. The van der Waals surface area contributed by atoms with Crippen molar-refractivity contribution in [1.29, 1.82) is 0 Å². The molecule has 2 aromatic heterocycles. The number of hydrogen-bond donors (Lipinski definition) is 0. The molecule has 0 unspecified atom stereocenters. The molecule has 0 fully saturated rings. The minimum Gasteiger partial charge on any atom is -0.248 e. The molecular weight excluding hydrogens is 705 g/mol. The highest BCUT2D eigenvalue weighted by Gasteiger charge is 2.17. The van der Waals surface area contributed by atoms with Crippen LogP contribution in [0.5, 0.6) is 0 Å². The van der Waals surface area contributed by atoms with Crippen LogP contribution in [0.4, 0.5) is 0 Å². The van der Waals surface area contributed by atoms with E-state index in [0.29, 0.717) is 17.5 Å². The Morgan fingerprint density at radius 1 is 0.259 bits per heavy atom. The minimum absolute atomic E-state index is 0.633. The Labute approximate surface area is 335 Å². The van der Waals surface area contributed by atoms with Crippen molar-refractivity contribution in [2.75, 3.05) is 0 Å². The topological polar surface area (TPSA) is 51.6 Å². The number of benzene rings is 9. The van der Waals surface area contributed by atoms with Gasteiger partial charge in [0.1, 0.15) is 0 Å². The van der Waals surface area contributed by atoms with Crippen molar-refractivity contribution in [3.8, 4) is 67.7 Å². The van der Waals surface area contributed by atoms with E-state index in [-0.39, 0.29) is 0 Å². The third-order valence-corrected chi connectivity index (χ3v) is 11.1. The molecule has 0 amide bonds. The minimum atomic E-state index is 0.633. The number of fused-ring (bicyclic) bond motifs is 5. The summed E-state index contributed by atoms with van der Waals surface area (Å²) in [5.41, 5.74) is 10.5. The van der Waals surface area contributed by atoms with Crippen LogP contribution >= 0.6 is 0 Å². The van der Waals surface area contributed by atoms with Crippen LogP contribution in [0.3, 0.4) is 0 Å². The van der Waals surface area contributed by atoms with E-state index < -0.39 is 0 Å². The number of pyridine rings is 1. The van der Waals surface area contributed by atoms with E-state index in [2.05, 4.69) is 200 Å². The predicted molar refractivity (Wildman–Crippen MR) is 240 cm³/mol. The van der Waals surface area contributed by atoms with Crippen molar-refractivity contribution in [2.24, 2.45) is 0 Å². The standard InChI is InChI=1S/C54H34N4/c1-2-15-41(16-3-1)50-34-48(51-45-21-9-6-14-39(45)32-33-49(51)55-50)40-28-24-35(25-29-40)36-26-30-42(31-27-36)52-56-53(46-22-10-17-37-12-4-7-19-43(37)46)58-54(57-52)47-23-11-18-38-13-5-8-20-44(38)47/h1-34H. The molecule has 270 valence electrons. The van der Waals surface area contributed by atoms with Crippen LogP contribution in [-0.2, 0) is 0 Å². The summed E-state index contributed by atoms with van der Waals surface area (Å²) in [7, 11) is 0. The largest absolute Gasteiger partial charge is 0.248 e. The van der Waals surface area contributed by atoms with Gasteiger partial charge in [-0.2, -0.15) is 0 Å². The molecule has 0 saturated carbocycles. The van der Waals surface area contributed by atoms with E-state index >= 15 is 0 Å². The van der Waals surface area contributed by atoms with E-state index in [9.17, 15) is 0 Å². The smallest absolute Gasteiger partial charge is 0.164 e. The van der Waals surface area contributed by atoms with Gasteiger partial charge in [-0.3, -0.25) is 0 Å². The lowest BCUT2D eigenvalue weighted by Crippen LogP contribution is -2.01. The number of rotatable bonds is 6. The third-order valence-electron chi connectivity index (χ3n) is 11.1. The molecule has 2 heterocycles. The predicted octanol–water partition coefficient (Wildman–Crippen LogP) is 13.9. The van der Waals surface area contributed by atoms with Crippen molar-refractivity contribution in [1.82, 2.24) is 19.9 Å². The molecule has 0 aliphatic carbocycles. The number of nitrogens with zero attached hydrogens (tertiary/aromatic N) is 4. The average Bonchev–Trinajstić information content (AvgIpc) is 3.31. The van der Waals surface area contributed by atoms with Crippen molar-refractivity contribution in [3.05, 3.63) is 206 Å². The Morgan fingerprint density at radius 3 is 1.33 bits per heavy atom. The van der Waals surface area contributed by atoms with Gasteiger partial charge in [-0.25, -0.2) is 19.9 Å². The van der Waals surface area contributed by atoms with Gasteiger partial charge in [-0.1, -0.05) is 194 Å². The first-order valence-corrected chi connectivity index (χ1v) is 19.6. The van der Waals surface area contributed by atoms with Gasteiger partial charge >= 0.3 is 0 Å². The van der Waals surface area contributed by atoms with Crippen LogP contribution in [0.15, 0.2) is 206 Å². The van der Waals surface area contributed by atoms with Crippen LogP contribution in [0.2, 0.25) is 0 Å². The molecule has 0 atom stereocenters. The van der Waals surface area contributed by atoms with Crippen LogP contribution < -0.4 is 0 Å². The molecule has 0 saturated heterocycles. The monoisotopic (exact) mass is 738 g/mol. The number of aromatic nitrogens is 4. The zero-order valence-corrected chi connectivity index (χ0v) is 31.4. The van der Waals surface area contributed by atoms with E-state index in [1.165, 1.54) is 16.3 Å². The van der Waals surface area contributed by atoms with Gasteiger partial charge in [0.05, 0.1) is 11.2 Å². The van der Waals surface area contributed by atoms with E-state index in [0.717, 1.165) is 77.1 Å². The van der Waals surface area contributed by atoms with Crippen LogP contribution in [-0.4, -0.2) is 19.9 Å². The second-order valence-corrected chi connectivity index (χ2v) is 14.6. The molecule has 0 N–H and O–H groups in total. The van der Waals surface area contributed by atoms with Crippen molar-refractivity contribution in [3.63, 3.8) is 0 Å². The summed E-state index contributed by atoms with van der Waals surface area (Å²) in [4.78, 5) is 20.5. The molecule has 0 aliphatic rings. The quantitative estimate of drug-likeness (QED) is 0.159. The van der Waals surface area contributed by atoms with Gasteiger partial charge in [-0.15, -0.1) is 0 Å². The summed E-state index contributed by atoms with van der Waals surface area (Å²) in [5.74, 6) is 1.93. The highest BCUT2D eigenvalue weighted by Crippen LogP contribution is 2.38. The maximum absolute atomic E-state index is 5.14. The first-order chi connectivity index (χ1) is 28.7. The molecule has 0 aliphatic heterocycles. The van der Waals surface area contributed by atoms with Crippen molar-refractivity contribution in [2.45, 2.75) is 0 Å². The summed E-state index contributed by atoms with van der Waals surface area (Å²) in [6.45, 7) is 0. The number of hydrogen-bond acceptors (Lipinski definition) is 4. The SMILES string of the molecule is c1ccc(-c2cc(-c3ccc(-c4ccc(-c5nc(-c6cccc7ccccc67)nc(-c6cccc7ccccc67)n5)cc4)cc3)c3c(ccc4ccccc43)n2)cc1. The maximum atomic E-state index is 5.14. The van der Waals surface area contributed by atoms with E-state index in [4.69, 9.17) is 19.9 Å². The first-order valence-electron chi connectivity index (χ1n) is 19.6. The second-order valence-electron chi connectivity index (χ2n) is 14.6. The summed E-state index contributed by atoms with van der Waals surface area (Å²) in [5, 5.41) is 8.07. The first kappa shape index (κ1) is 33.5. The lowest BCUT2D eigenvalue weighted by molar-refractivity contribution is 1.08. The van der Waals surface area contributed by atoms with Gasteiger partial charge in [-0.05, 0) is 66.7 Å².